The summed E-state index contributed by atoms with van der Waals surface area (Å²) in [6.07, 6.45) is 3.20. The first-order valence-corrected chi connectivity index (χ1v) is 9.00. The SMILES string of the molecule is COCCNCC(=O)Nc1ccc(C(=O)N2CCCCC2C)c(Cl)c1. The van der Waals surface area contributed by atoms with Crippen LogP contribution in [0.15, 0.2) is 18.2 Å². The Morgan fingerprint density at radius 2 is 2.16 bits per heavy atom. The zero-order valence-corrected chi connectivity index (χ0v) is 15.6. The number of amides is 2. The molecule has 0 radical (unpaired) electrons. The summed E-state index contributed by atoms with van der Waals surface area (Å²) in [6, 6.07) is 5.24. The summed E-state index contributed by atoms with van der Waals surface area (Å²) in [6.45, 7) is 4.17. The van der Waals surface area contributed by atoms with Crippen molar-refractivity contribution in [2.45, 2.75) is 32.2 Å². The van der Waals surface area contributed by atoms with Crippen molar-refractivity contribution >= 4 is 29.1 Å². The van der Waals surface area contributed by atoms with E-state index in [1.807, 2.05) is 4.90 Å². The van der Waals surface area contributed by atoms with Gasteiger partial charge in [0.15, 0.2) is 0 Å². The molecule has 7 heteroatoms. The number of rotatable bonds is 7. The molecular formula is C18H26ClN3O3. The standard InChI is InChI=1S/C18H26ClN3O3/c1-13-5-3-4-9-22(13)18(24)15-7-6-14(11-16(15)19)21-17(23)12-20-8-10-25-2/h6-7,11,13,20H,3-5,8-10,12H2,1-2H3,(H,21,23). The van der Waals surface area contributed by atoms with Crippen LogP contribution in [0.4, 0.5) is 5.69 Å². The zero-order chi connectivity index (χ0) is 18.2. The van der Waals surface area contributed by atoms with Gasteiger partial charge in [0.1, 0.15) is 0 Å². The first-order chi connectivity index (χ1) is 12.0. The van der Waals surface area contributed by atoms with E-state index in [4.69, 9.17) is 16.3 Å². The van der Waals surface area contributed by atoms with E-state index in [-0.39, 0.29) is 24.4 Å². The van der Waals surface area contributed by atoms with Crippen molar-refractivity contribution < 1.29 is 14.3 Å². The van der Waals surface area contributed by atoms with Gasteiger partial charge in [-0.1, -0.05) is 11.6 Å². The molecule has 1 aromatic rings. The van der Waals surface area contributed by atoms with Gasteiger partial charge in [0.05, 0.1) is 23.7 Å². The highest BCUT2D eigenvalue weighted by atomic mass is 35.5. The monoisotopic (exact) mass is 367 g/mol. The number of hydrogen-bond donors (Lipinski definition) is 2. The minimum absolute atomic E-state index is 0.0451. The van der Waals surface area contributed by atoms with Crippen molar-refractivity contribution in [2.24, 2.45) is 0 Å². The fourth-order valence-corrected chi connectivity index (χ4v) is 3.16. The normalized spacial score (nSPS) is 17.4. The largest absolute Gasteiger partial charge is 0.383 e. The Balaban J connectivity index is 1.95. The van der Waals surface area contributed by atoms with E-state index in [1.165, 1.54) is 0 Å². The number of methoxy groups -OCH3 is 1. The maximum Gasteiger partial charge on any atom is 0.255 e. The first kappa shape index (κ1) is 19.7. The average molecular weight is 368 g/mol. The molecule has 25 heavy (non-hydrogen) atoms. The zero-order valence-electron chi connectivity index (χ0n) is 14.8. The van der Waals surface area contributed by atoms with E-state index < -0.39 is 0 Å². The average Bonchev–Trinajstić information content (AvgIpc) is 2.59. The molecule has 1 aromatic carbocycles. The number of anilines is 1. The Hall–Kier alpha value is -1.63. The van der Waals surface area contributed by atoms with E-state index in [0.29, 0.717) is 29.4 Å². The molecule has 2 amide bonds. The number of carbonyl (C=O) groups excluding carboxylic acids is 2. The lowest BCUT2D eigenvalue weighted by Crippen LogP contribution is -2.42. The van der Waals surface area contributed by atoms with Crippen molar-refractivity contribution in [1.29, 1.82) is 0 Å². The van der Waals surface area contributed by atoms with Crippen LogP contribution in [0.3, 0.4) is 0 Å². The maximum absolute atomic E-state index is 12.7. The summed E-state index contributed by atoms with van der Waals surface area (Å²) in [4.78, 5) is 26.4. The Morgan fingerprint density at radius 3 is 2.84 bits per heavy atom. The van der Waals surface area contributed by atoms with E-state index in [0.717, 1.165) is 25.8 Å². The highest BCUT2D eigenvalue weighted by molar-refractivity contribution is 6.34. The topological polar surface area (TPSA) is 70.7 Å². The van der Waals surface area contributed by atoms with Gasteiger partial charge in [0.25, 0.3) is 5.91 Å². The number of likely N-dealkylation sites (tertiary alicyclic amines) is 1. The van der Waals surface area contributed by atoms with E-state index in [9.17, 15) is 9.59 Å². The fraction of sp³-hybridized carbons (Fsp3) is 0.556. The van der Waals surface area contributed by atoms with Gasteiger partial charge in [-0.3, -0.25) is 9.59 Å². The summed E-state index contributed by atoms with van der Waals surface area (Å²) in [5.74, 6) is -0.216. The minimum atomic E-state index is -0.170. The second-order valence-corrected chi connectivity index (χ2v) is 6.66. The molecule has 1 atom stereocenters. The summed E-state index contributed by atoms with van der Waals surface area (Å²) < 4.78 is 4.90. The molecule has 1 aliphatic rings. The molecule has 6 nitrogen and oxygen atoms in total. The molecule has 1 heterocycles. The van der Waals surface area contributed by atoms with Crippen LogP contribution in [0.1, 0.15) is 36.5 Å². The maximum atomic E-state index is 12.7. The molecule has 0 spiro atoms. The van der Waals surface area contributed by atoms with Crippen LogP contribution in [0, 0.1) is 0 Å². The highest BCUT2D eigenvalue weighted by Gasteiger charge is 2.25. The van der Waals surface area contributed by atoms with Crippen LogP contribution < -0.4 is 10.6 Å². The van der Waals surface area contributed by atoms with Crippen molar-refractivity contribution in [2.75, 3.05) is 38.7 Å². The van der Waals surface area contributed by atoms with Crippen molar-refractivity contribution in [1.82, 2.24) is 10.2 Å². The number of ether oxygens (including phenoxy) is 1. The lowest BCUT2D eigenvalue weighted by atomic mass is 10.0. The lowest BCUT2D eigenvalue weighted by Gasteiger charge is -2.33. The number of hydrogen-bond acceptors (Lipinski definition) is 4. The molecule has 1 fully saturated rings. The number of carbonyl (C=O) groups is 2. The second kappa shape index (κ2) is 9.75. The number of nitrogens with zero attached hydrogens (tertiary/aromatic N) is 1. The van der Waals surface area contributed by atoms with Crippen LogP contribution in [0.25, 0.3) is 0 Å². The van der Waals surface area contributed by atoms with Crippen molar-refractivity contribution in [3.63, 3.8) is 0 Å². The van der Waals surface area contributed by atoms with Gasteiger partial charge in [-0.2, -0.15) is 0 Å². The van der Waals surface area contributed by atoms with Gasteiger partial charge in [0, 0.05) is 31.9 Å². The quantitative estimate of drug-likeness (QED) is 0.726. The van der Waals surface area contributed by atoms with E-state index >= 15 is 0 Å². The molecule has 2 N–H and O–H groups in total. The summed E-state index contributed by atoms with van der Waals surface area (Å²) in [5, 5.41) is 6.08. The third-order valence-corrected chi connectivity index (χ3v) is 4.63. The number of halogens is 1. The van der Waals surface area contributed by atoms with Crippen LogP contribution in [0.2, 0.25) is 5.02 Å². The Morgan fingerprint density at radius 1 is 1.36 bits per heavy atom. The fourth-order valence-electron chi connectivity index (χ4n) is 2.90. The van der Waals surface area contributed by atoms with E-state index in [2.05, 4.69) is 17.6 Å². The molecule has 0 saturated carbocycles. The van der Waals surface area contributed by atoms with Crippen LogP contribution in [-0.2, 0) is 9.53 Å². The molecule has 1 aliphatic heterocycles. The van der Waals surface area contributed by atoms with Gasteiger partial charge < -0.3 is 20.3 Å². The molecule has 1 saturated heterocycles. The first-order valence-electron chi connectivity index (χ1n) is 8.63. The Kier molecular flexibility index (Phi) is 7.68. The van der Waals surface area contributed by atoms with Crippen molar-refractivity contribution in [3.8, 4) is 0 Å². The van der Waals surface area contributed by atoms with Crippen LogP contribution in [-0.4, -0.2) is 56.1 Å². The van der Waals surface area contributed by atoms with Gasteiger partial charge in [-0.25, -0.2) is 0 Å². The van der Waals surface area contributed by atoms with Gasteiger partial charge in [-0.05, 0) is 44.4 Å². The molecule has 2 rings (SSSR count). The summed E-state index contributed by atoms with van der Waals surface area (Å²) >= 11 is 6.29. The highest BCUT2D eigenvalue weighted by Crippen LogP contribution is 2.25. The minimum Gasteiger partial charge on any atom is -0.383 e. The van der Waals surface area contributed by atoms with Crippen LogP contribution >= 0.6 is 11.6 Å². The third kappa shape index (κ3) is 5.70. The molecule has 138 valence electrons. The molecule has 0 bridgehead atoms. The number of piperidine rings is 1. The van der Waals surface area contributed by atoms with Gasteiger partial charge in [0.2, 0.25) is 5.91 Å². The van der Waals surface area contributed by atoms with Gasteiger partial charge in [-0.15, -0.1) is 0 Å². The second-order valence-electron chi connectivity index (χ2n) is 6.26. The van der Waals surface area contributed by atoms with E-state index in [1.54, 1.807) is 25.3 Å². The Bertz CT molecular complexity index is 609. The smallest absolute Gasteiger partial charge is 0.255 e. The predicted octanol–water partition coefficient (Wildman–Crippen LogP) is 2.53. The van der Waals surface area contributed by atoms with Gasteiger partial charge >= 0.3 is 0 Å². The third-order valence-electron chi connectivity index (χ3n) is 4.32. The predicted molar refractivity (Wildman–Crippen MR) is 99.2 cm³/mol. The number of benzene rings is 1. The molecule has 1 unspecified atom stereocenters. The lowest BCUT2D eigenvalue weighted by molar-refractivity contribution is -0.115. The van der Waals surface area contributed by atoms with Crippen LogP contribution in [0.5, 0.6) is 0 Å². The summed E-state index contributed by atoms with van der Waals surface area (Å²) in [7, 11) is 1.61. The molecule has 0 aliphatic carbocycles. The molecule has 0 aromatic heterocycles. The Labute approximate surface area is 153 Å². The molecular weight excluding hydrogens is 342 g/mol. The number of nitrogens with one attached hydrogen (secondary N) is 2. The summed E-state index contributed by atoms with van der Waals surface area (Å²) in [5.41, 5.74) is 1.05. The van der Waals surface area contributed by atoms with Crippen molar-refractivity contribution in [3.05, 3.63) is 28.8 Å².